The van der Waals surface area contributed by atoms with E-state index in [0.717, 1.165) is 36.2 Å². The molecule has 6 nitrogen and oxygen atoms in total. The number of benzene rings is 1. The summed E-state index contributed by atoms with van der Waals surface area (Å²) in [5, 5.41) is 2.93. The highest BCUT2D eigenvalue weighted by Gasteiger charge is 2.24. The quantitative estimate of drug-likeness (QED) is 0.875. The molecule has 3 rings (SSSR count). The van der Waals surface area contributed by atoms with Crippen molar-refractivity contribution < 1.29 is 14.0 Å². The molecule has 3 N–H and O–H groups in total. The van der Waals surface area contributed by atoms with E-state index in [1.807, 2.05) is 31.2 Å². The van der Waals surface area contributed by atoms with Crippen LogP contribution in [0.4, 0.5) is 5.69 Å². The predicted octanol–water partition coefficient (Wildman–Crippen LogP) is 2.54. The number of amides is 2. The number of rotatable bonds is 5. The van der Waals surface area contributed by atoms with Crippen molar-refractivity contribution in [2.24, 2.45) is 11.7 Å². The second-order valence-corrected chi connectivity index (χ2v) is 6.52. The highest BCUT2D eigenvalue weighted by Crippen LogP contribution is 2.23. The average Bonchev–Trinajstić information content (AvgIpc) is 3.03. The van der Waals surface area contributed by atoms with Crippen molar-refractivity contribution in [3.05, 3.63) is 53.5 Å². The highest BCUT2D eigenvalue weighted by molar-refractivity contribution is 6.03. The topological polar surface area (TPSA) is 88.6 Å². The molecule has 0 radical (unpaired) electrons. The molecule has 1 aromatic carbocycles. The van der Waals surface area contributed by atoms with Gasteiger partial charge in [0, 0.05) is 24.3 Å². The first-order valence-electron chi connectivity index (χ1n) is 8.49. The Morgan fingerprint density at radius 2 is 2.12 bits per heavy atom. The van der Waals surface area contributed by atoms with Crippen LogP contribution < -0.4 is 11.1 Å². The minimum Gasteiger partial charge on any atom is -0.459 e. The predicted molar refractivity (Wildman–Crippen MR) is 95.0 cm³/mol. The Morgan fingerprint density at radius 3 is 2.84 bits per heavy atom. The number of likely N-dealkylation sites (tertiary alicyclic amines) is 1. The normalized spacial score (nSPS) is 18.0. The van der Waals surface area contributed by atoms with Crippen LogP contribution in [-0.4, -0.2) is 29.8 Å². The van der Waals surface area contributed by atoms with Crippen LogP contribution >= 0.6 is 0 Å². The monoisotopic (exact) mass is 341 g/mol. The van der Waals surface area contributed by atoms with Crippen LogP contribution in [0.1, 0.15) is 34.5 Å². The first kappa shape index (κ1) is 17.2. The Bertz CT molecular complexity index is 769. The van der Waals surface area contributed by atoms with Gasteiger partial charge in [-0.2, -0.15) is 0 Å². The first-order chi connectivity index (χ1) is 12.0. The van der Waals surface area contributed by atoms with E-state index in [9.17, 15) is 9.59 Å². The molecule has 1 fully saturated rings. The molecule has 132 valence electrons. The lowest BCUT2D eigenvalue weighted by Crippen LogP contribution is -2.40. The molecule has 0 bridgehead atoms. The van der Waals surface area contributed by atoms with Crippen molar-refractivity contribution in [2.45, 2.75) is 26.3 Å². The molecule has 6 heteroatoms. The van der Waals surface area contributed by atoms with Crippen molar-refractivity contribution in [3.8, 4) is 0 Å². The maximum absolute atomic E-state index is 12.4. The van der Waals surface area contributed by atoms with Gasteiger partial charge in [-0.3, -0.25) is 14.5 Å². The summed E-state index contributed by atoms with van der Waals surface area (Å²) in [7, 11) is 0. The van der Waals surface area contributed by atoms with Crippen LogP contribution in [0.15, 0.2) is 41.0 Å². The summed E-state index contributed by atoms with van der Waals surface area (Å²) in [5.74, 6) is -0.272. The average molecular weight is 341 g/mol. The molecule has 2 heterocycles. The van der Waals surface area contributed by atoms with E-state index in [2.05, 4.69) is 10.2 Å². The van der Waals surface area contributed by atoms with Gasteiger partial charge in [0.05, 0.1) is 12.2 Å². The minimum atomic E-state index is -0.261. The number of carbonyl (C=O) groups is 2. The lowest BCUT2D eigenvalue weighted by Gasteiger charge is -2.31. The van der Waals surface area contributed by atoms with Crippen LogP contribution in [0.5, 0.6) is 0 Å². The van der Waals surface area contributed by atoms with E-state index >= 15 is 0 Å². The number of primary amides is 1. The van der Waals surface area contributed by atoms with Gasteiger partial charge < -0.3 is 15.5 Å². The molecule has 0 saturated carbocycles. The Hall–Kier alpha value is -2.60. The second kappa shape index (κ2) is 7.53. The Kier molecular flexibility index (Phi) is 5.19. The van der Waals surface area contributed by atoms with E-state index in [0.29, 0.717) is 18.8 Å². The molecule has 1 unspecified atom stereocenters. The van der Waals surface area contributed by atoms with E-state index in [1.54, 1.807) is 6.07 Å². The van der Waals surface area contributed by atoms with Gasteiger partial charge in [-0.05, 0) is 44.0 Å². The second-order valence-electron chi connectivity index (χ2n) is 6.52. The summed E-state index contributed by atoms with van der Waals surface area (Å²) in [6.45, 7) is 4.08. The van der Waals surface area contributed by atoms with Gasteiger partial charge >= 0.3 is 0 Å². The number of anilines is 1. The maximum Gasteiger partial charge on any atom is 0.291 e. The molecular formula is C19H23N3O3. The standard InChI is InChI=1S/C19H23N3O3/c1-13-8-10-25-17(13)19(24)21-16-7-3-2-5-14(16)11-22-9-4-6-15(12-22)18(20)23/h2-3,5,7-8,10,15H,4,6,9,11-12H2,1H3,(H2,20,23)(H,21,24). The highest BCUT2D eigenvalue weighted by atomic mass is 16.3. The van der Waals surface area contributed by atoms with Crippen molar-refractivity contribution >= 4 is 17.5 Å². The van der Waals surface area contributed by atoms with E-state index in [4.69, 9.17) is 10.2 Å². The van der Waals surface area contributed by atoms with Gasteiger partial charge in [0.25, 0.3) is 5.91 Å². The molecule has 1 aromatic heterocycles. The van der Waals surface area contributed by atoms with E-state index in [1.165, 1.54) is 6.26 Å². The molecule has 2 amide bonds. The number of carbonyl (C=O) groups excluding carboxylic acids is 2. The van der Waals surface area contributed by atoms with Crippen molar-refractivity contribution in [3.63, 3.8) is 0 Å². The number of para-hydroxylation sites is 1. The molecule has 2 aromatic rings. The Morgan fingerprint density at radius 1 is 1.32 bits per heavy atom. The van der Waals surface area contributed by atoms with Crippen molar-refractivity contribution in [1.29, 1.82) is 0 Å². The number of hydrogen-bond acceptors (Lipinski definition) is 4. The molecule has 0 spiro atoms. The number of aryl methyl sites for hydroxylation is 1. The summed E-state index contributed by atoms with van der Waals surface area (Å²) in [6, 6.07) is 9.45. The molecule has 0 aliphatic carbocycles. The lowest BCUT2D eigenvalue weighted by atomic mass is 9.97. The fourth-order valence-electron chi connectivity index (χ4n) is 3.24. The first-order valence-corrected chi connectivity index (χ1v) is 8.49. The summed E-state index contributed by atoms with van der Waals surface area (Å²) in [4.78, 5) is 26.1. The molecule has 1 saturated heterocycles. The zero-order valence-electron chi connectivity index (χ0n) is 14.3. The smallest absolute Gasteiger partial charge is 0.291 e. The van der Waals surface area contributed by atoms with Crippen molar-refractivity contribution in [1.82, 2.24) is 4.90 Å². The van der Waals surface area contributed by atoms with Crippen LogP contribution in [0.2, 0.25) is 0 Å². The molecule has 25 heavy (non-hydrogen) atoms. The minimum absolute atomic E-state index is 0.0960. The third-order valence-electron chi connectivity index (χ3n) is 4.64. The SMILES string of the molecule is Cc1ccoc1C(=O)Nc1ccccc1CN1CCCC(C(N)=O)C1. The van der Waals surface area contributed by atoms with Gasteiger partial charge in [-0.25, -0.2) is 0 Å². The van der Waals surface area contributed by atoms with Crippen LogP contribution in [0.25, 0.3) is 0 Å². The van der Waals surface area contributed by atoms with Gasteiger partial charge in [0.1, 0.15) is 0 Å². The van der Waals surface area contributed by atoms with E-state index in [-0.39, 0.29) is 17.7 Å². The Balaban J connectivity index is 1.72. The summed E-state index contributed by atoms with van der Waals surface area (Å²) < 4.78 is 5.25. The Labute approximate surface area is 147 Å². The maximum atomic E-state index is 12.4. The molecule has 1 aliphatic heterocycles. The number of hydrogen-bond donors (Lipinski definition) is 2. The van der Waals surface area contributed by atoms with Crippen LogP contribution in [0.3, 0.4) is 0 Å². The van der Waals surface area contributed by atoms with Crippen molar-refractivity contribution in [2.75, 3.05) is 18.4 Å². The largest absolute Gasteiger partial charge is 0.459 e. The summed E-state index contributed by atoms with van der Waals surface area (Å²) >= 11 is 0. The number of furan rings is 1. The number of nitrogens with zero attached hydrogens (tertiary/aromatic N) is 1. The molecule has 1 atom stereocenters. The van der Waals surface area contributed by atoms with E-state index < -0.39 is 0 Å². The fraction of sp³-hybridized carbons (Fsp3) is 0.368. The summed E-state index contributed by atoms with van der Waals surface area (Å²) in [5.41, 5.74) is 8.01. The van der Waals surface area contributed by atoms with Gasteiger partial charge in [-0.15, -0.1) is 0 Å². The van der Waals surface area contributed by atoms with Gasteiger partial charge in [-0.1, -0.05) is 18.2 Å². The fourth-order valence-corrected chi connectivity index (χ4v) is 3.24. The van der Waals surface area contributed by atoms with Gasteiger partial charge in [0.15, 0.2) is 5.76 Å². The number of piperidine rings is 1. The third-order valence-corrected chi connectivity index (χ3v) is 4.64. The van der Waals surface area contributed by atoms with Crippen LogP contribution in [-0.2, 0) is 11.3 Å². The number of nitrogens with two attached hydrogens (primary N) is 1. The van der Waals surface area contributed by atoms with Crippen LogP contribution in [0, 0.1) is 12.8 Å². The summed E-state index contributed by atoms with van der Waals surface area (Å²) in [6.07, 6.45) is 3.31. The zero-order valence-corrected chi connectivity index (χ0v) is 14.3. The lowest BCUT2D eigenvalue weighted by molar-refractivity contribution is -0.123. The zero-order chi connectivity index (χ0) is 17.8. The number of nitrogens with one attached hydrogen (secondary N) is 1. The third kappa shape index (κ3) is 4.09. The molecule has 1 aliphatic rings. The van der Waals surface area contributed by atoms with Gasteiger partial charge in [0.2, 0.25) is 5.91 Å². The molecular weight excluding hydrogens is 318 g/mol.